The van der Waals surface area contributed by atoms with Gasteiger partial charge in [-0.3, -0.25) is 4.90 Å². The van der Waals surface area contributed by atoms with Gasteiger partial charge in [-0.2, -0.15) is 4.98 Å². The number of likely N-dealkylation sites (tertiary alicyclic amines) is 1. The fourth-order valence-corrected chi connectivity index (χ4v) is 4.08. The highest BCUT2D eigenvalue weighted by Gasteiger charge is 2.29. The van der Waals surface area contributed by atoms with Crippen LogP contribution in [0, 0.1) is 0 Å². The van der Waals surface area contributed by atoms with Crippen LogP contribution in [0.15, 0.2) is 35.0 Å². The van der Waals surface area contributed by atoms with E-state index in [4.69, 9.17) is 9.26 Å². The number of hydrogen-bond acceptors (Lipinski definition) is 5. The van der Waals surface area contributed by atoms with Crippen molar-refractivity contribution in [3.63, 3.8) is 0 Å². The van der Waals surface area contributed by atoms with Gasteiger partial charge in [-0.25, -0.2) is 0 Å². The predicted molar refractivity (Wildman–Crippen MR) is 104 cm³/mol. The van der Waals surface area contributed by atoms with Crippen LogP contribution in [0.1, 0.15) is 49.5 Å². The monoisotopic (exact) mass is 368 g/mol. The van der Waals surface area contributed by atoms with Crippen molar-refractivity contribution in [2.24, 2.45) is 0 Å². The van der Waals surface area contributed by atoms with Crippen molar-refractivity contribution in [1.82, 2.24) is 19.6 Å². The van der Waals surface area contributed by atoms with E-state index in [2.05, 4.69) is 57.0 Å². The summed E-state index contributed by atoms with van der Waals surface area (Å²) in [5.41, 5.74) is 2.67. The molecule has 3 aromatic rings. The van der Waals surface area contributed by atoms with Gasteiger partial charge in [0.15, 0.2) is 5.82 Å². The van der Waals surface area contributed by atoms with E-state index in [1.165, 1.54) is 29.3 Å². The minimum absolute atomic E-state index is 0.200. The maximum absolute atomic E-state index is 5.62. The molecule has 1 saturated heterocycles. The Morgan fingerprint density at radius 2 is 2.19 bits per heavy atom. The molecule has 6 heteroatoms. The second-order valence-electron chi connectivity index (χ2n) is 7.23. The van der Waals surface area contributed by atoms with Crippen molar-refractivity contribution in [2.45, 2.75) is 51.7 Å². The summed E-state index contributed by atoms with van der Waals surface area (Å²) in [7, 11) is 1.69. The molecule has 1 aliphatic rings. The Kier molecular flexibility index (Phi) is 5.55. The molecular formula is C21H28N4O2. The van der Waals surface area contributed by atoms with Gasteiger partial charge in [-0.1, -0.05) is 23.7 Å². The Morgan fingerprint density at radius 1 is 1.26 bits per heavy atom. The molecule has 0 N–H and O–H groups in total. The minimum atomic E-state index is 0.200. The van der Waals surface area contributed by atoms with Crippen molar-refractivity contribution < 1.29 is 9.26 Å². The van der Waals surface area contributed by atoms with E-state index < -0.39 is 0 Å². The quantitative estimate of drug-likeness (QED) is 0.632. The zero-order chi connectivity index (χ0) is 18.6. The number of aryl methyl sites for hydroxylation is 1. The number of piperidine rings is 1. The molecule has 144 valence electrons. The molecule has 1 atom stereocenters. The molecular weight excluding hydrogens is 340 g/mol. The van der Waals surface area contributed by atoms with E-state index in [1.807, 2.05) is 0 Å². The van der Waals surface area contributed by atoms with E-state index in [-0.39, 0.29) is 6.04 Å². The van der Waals surface area contributed by atoms with Crippen LogP contribution in [0.3, 0.4) is 0 Å². The van der Waals surface area contributed by atoms with Gasteiger partial charge in [0, 0.05) is 43.7 Å². The molecule has 0 saturated carbocycles. The average Bonchev–Trinajstić information content (AvgIpc) is 3.34. The van der Waals surface area contributed by atoms with Gasteiger partial charge in [0.1, 0.15) is 0 Å². The number of ether oxygens (including phenoxy) is 1. The SMILES string of the molecule is CCn1ccc2c(CN3CCCCC3c3nc(CCOC)no3)cccc21. The maximum Gasteiger partial charge on any atom is 0.244 e. The van der Waals surface area contributed by atoms with Crippen LogP contribution < -0.4 is 0 Å². The molecule has 3 heterocycles. The Hall–Kier alpha value is -2.18. The van der Waals surface area contributed by atoms with E-state index >= 15 is 0 Å². The standard InChI is InChI=1S/C21H28N4O2/c1-3-24-13-10-17-16(7-6-9-18(17)24)15-25-12-5-4-8-19(25)21-22-20(23-27-21)11-14-26-2/h6-7,9-10,13,19H,3-5,8,11-12,14-15H2,1-2H3. The van der Waals surface area contributed by atoms with Crippen LogP contribution in [-0.4, -0.2) is 39.9 Å². The maximum atomic E-state index is 5.62. The van der Waals surface area contributed by atoms with Crippen LogP contribution >= 0.6 is 0 Å². The van der Waals surface area contributed by atoms with Crippen LogP contribution in [0.5, 0.6) is 0 Å². The molecule has 0 aliphatic carbocycles. The molecule has 1 aromatic carbocycles. The van der Waals surface area contributed by atoms with Gasteiger partial charge in [-0.05, 0) is 44.0 Å². The summed E-state index contributed by atoms with van der Waals surface area (Å²) in [6.45, 7) is 5.76. The molecule has 2 aromatic heterocycles. The topological polar surface area (TPSA) is 56.3 Å². The highest BCUT2D eigenvalue weighted by Crippen LogP contribution is 2.32. The molecule has 0 spiro atoms. The van der Waals surface area contributed by atoms with Gasteiger partial charge in [0.25, 0.3) is 0 Å². The summed E-state index contributed by atoms with van der Waals surface area (Å²) in [5.74, 6) is 1.48. The summed E-state index contributed by atoms with van der Waals surface area (Å²) >= 11 is 0. The second-order valence-corrected chi connectivity index (χ2v) is 7.23. The molecule has 0 amide bonds. The molecule has 6 nitrogen and oxygen atoms in total. The highest BCUT2D eigenvalue weighted by atomic mass is 16.5. The lowest BCUT2D eigenvalue weighted by molar-refractivity contribution is 0.112. The van der Waals surface area contributed by atoms with Gasteiger partial charge in [0.2, 0.25) is 5.89 Å². The number of nitrogens with zero attached hydrogens (tertiary/aromatic N) is 4. The lowest BCUT2D eigenvalue weighted by atomic mass is 10.00. The summed E-state index contributed by atoms with van der Waals surface area (Å²) in [5, 5.41) is 5.48. The van der Waals surface area contributed by atoms with Gasteiger partial charge in [-0.15, -0.1) is 0 Å². The van der Waals surface area contributed by atoms with Crippen LogP contribution in [0.2, 0.25) is 0 Å². The fraction of sp³-hybridized carbons (Fsp3) is 0.524. The number of aromatic nitrogens is 3. The Labute approximate surface area is 160 Å². The van der Waals surface area contributed by atoms with Gasteiger partial charge in [0.05, 0.1) is 12.6 Å². The summed E-state index contributed by atoms with van der Waals surface area (Å²) in [4.78, 5) is 7.13. The third kappa shape index (κ3) is 3.77. The number of hydrogen-bond donors (Lipinski definition) is 0. The highest BCUT2D eigenvalue weighted by molar-refractivity contribution is 5.83. The van der Waals surface area contributed by atoms with Crippen molar-refractivity contribution in [2.75, 3.05) is 20.3 Å². The fourth-order valence-electron chi connectivity index (χ4n) is 4.08. The summed E-state index contributed by atoms with van der Waals surface area (Å²) in [6.07, 6.45) is 6.36. The third-order valence-corrected chi connectivity index (χ3v) is 5.53. The van der Waals surface area contributed by atoms with E-state index in [0.29, 0.717) is 13.0 Å². The normalized spacial score (nSPS) is 18.4. The van der Waals surface area contributed by atoms with E-state index in [9.17, 15) is 0 Å². The zero-order valence-electron chi connectivity index (χ0n) is 16.2. The third-order valence-electron chi connectivity index (χ3n) is 5.53. The number of methoxy groups -OCH3 is 1. The second kappa shape index (κ2) is 8.23. The summed E-state index contributed by atoms with van der Waals surface area (Å²) < 4.78 is 13.0. The zero-order valence-corrected chi connectivity index (χ0v) is 16.2. The van der Waals surface area contributed by atoms with Gasteiger partial charge >= 0.3 is 0 Å². The van der Waals surface area contributed by atoms with Crippen molar-refractivity contribution in [1.29, 1.82) is 0 Å². The lowest BCUT2D eigenvalue weighted by Gasteiger charge is -2.33. The number of fused-ring (bicyclic) bond motifs is 1. The molecule has 0 radical (unpaired) electrons. The Bertz CT molecular complexity index is 885. The summed E-state index contributed by atoms with van der Waals surface area (Å²) in [6, 6.07) is 9.05. The van der Waals surface area contributed by atoms with Crippen LogP contribution in [0.25, 0.3) is 10.9 Å². The smallest absolute Gasteiger partial charge is 0.244 e. The lowest BCUT2D eigenvalue weighted by Crippen LogP contribution is -2.33. The van der Waals surface area contributed by atoms with E-state index in [0.717, 1.165) is 37.8 Å². The van der Waals surface area contributed by atoms with E-state index in [1.54, 1.807) is 7.11 Å². The predicted octanol–water partition coefficient (Wildman–Crippen LogP) is 3.96. The molecule has 0 bridgehead atoms. The first-order valence-corrected chi connectivity index (χ1v) is 9.92. The molecule has 1 unspecified atom stereocenters. The molecule has 1 fully saturated rings. The molecule has 4 rings (SSSR count). The van der Waals surface area contributed by atoms with Gasteiger partial charge < -0.3 is 13.8 Å². The van der Waals surface area contributed by atoms with Crippen LogP contribution in [0.4, 0.5) is 0 Å². The Balaban J connectivity index is 1.56. The average molecular weight is 368 g/mol. The molecule has 27 heavy (non-hydrogen) atoms. The largest absolute Gasteiger partial charge is 0.384 e. The Morgan fingerprint density at radius 3 is 3.04 bits per heavy atom. The van der Waals surface area contributed by atoms with Crippen molar-refractivity contribution >= 4 is 10.9 Å². The molecule has 1 aliphatic heterocycles. The van der Waals surface area contributed by atoms with Crippen molar-refractivity contribution in [3.8, 4) is 0 Å². The first-order valence-electron chi connectivity index (χ1n) is 9.92. The van der Waals surface area contributed by atoms with Crippen LogP contribution in [-0.2, 0) is 24.2 Å². The number of benzene rings is 1. The minimum Gasteiger partial charge on any atom is -0.384 e. The first kappa shape index (κ1) is 18.2. The first-order chi connectivity index (χ1) is 13.3. The number of rotatable bonds is 7. The van der Waals surface area contributed by atoms with Crippen molar-refractivity contribution in [3.05, 3.63) is 47.7 Å².